The maximum atomic E-state index is 13.0. The van der Waals surface area contributed by atoms with Crippen molar-refractivity contribution in [3.8, 4) is 5.75 Å². The molecule has 0 bridgehead atoms. The van der Waals surface area contributed by atoms with E-state index in [1.807, 2.05) is 6.92 Å². The second-order valence-electron chi connectivity index (χ2n) is 7.16. The molecule has 1 aliphatic heterocycles. The number of nitrogens with one attached hydrogen (secondary N) is 1. The molecule has 3 rings (SSSR count). The fourth-order valence-electron chi connectivity index (χ4n) is 3.33. The monoisotopic (exact) mass is 433 g/mol. The number of hydrogen-bond donors (Lipinski definition) is 1. The minimum atomic E-state index is -3.60. The Morgan fingerprint density at radius 3 is 2.63 bits per heavy atom. The normalized spacial score (nSPS) is 15.7. The van der Waals surface area contributed by atoms with Crippen molar-refractivity contribution in [2.75, 3.05) is 33.4 Å². The highest BCUT2D eigenvalue weighted by atomic mass is 32.2. The highest BCUT2D eigenvalue weighted by Crippen LogP contribution is 2.26. The SMILES string of the molecule is COCCOc1ccc(S(=O)(=O)N2CCC(NC(=O)c3cccnc3)CC2)cc1C. The van der Waals surface area contributed by atoms with Gasteiger partial charge in [0.15, 0.2) is 0 Å². The number of carbonyl (C=O) groups excluding carboxylic acids is 1. The van der Waals surface area contributed by atoms with E-state index < -0.39 is 10.0 Å². The molecule has 1 aromatic heterocycles. The molecule has 162 valence electrons. The number of piperidine rings is 1. The molecule has 2 heterocycles. The first-order chi connectivity index (χ1) is 14.4. The second kappa shape index (κ2) is 10.0. The van der Waals surface area contributed by atoms with Gasteiger partial charge in [0.2, 0.25) is 10.0 Å². The number of sulfonamides is 1. The molecule has 0 saturated carbocycles. The van der Waals surface area contributed by atoms with Gasteiger partial charge in [0.25, 0.3) is 5.91 Å². The van der Waals surface area contributed by atoms with Crippen molar-refractivity contribution in [2.45, 2.75) is 30.7 Å². The molecule has 1 aliphatic rings. The zero-order valence-electron chi connectivity index (χ0n) is 17.2. The van der Waals surface area contributed by atoms with Crippen LogP contribution in [0.15, 0.2) is 47.6 Å². The van der Waals surface area contributed by atoms with Gasteiger partial charge in [-0.1, -0.05) is 0 Å². The first kappa shape index (κ1) is 22.2. The van der Waals surface area contributed by atoms with Crippen LogP contribution in [0.1, 0.15) is 28.8 Å². The van der Waals surface area contributed by atoms with Gasteiger partial charge in [0.05, 0.1) is 17.1 Å². The Bertz CT molecular complexity index is 958. The van der Waals surface area contributed by atoms with Crippen molar-refractivity contribution in [1.82, 2.24) is 14.6 Å². The summed E-state index contributed by atoms with van der Waals surface area (Å²) in [6.07, 6.45) is 4.24. The summed E-state index contributed by atoms with van der Waals surface area (Å²) in [6.45, 7) is 3.39. The number of carbonyl (C=O) groups is 1. The number of benzene rings is 1. The fraction of sp³-hybridized carbons (Fsp3) is 0.429. The van der Waals surface area contributed by atoms with Gasteiger partial charge in [0.1, 0.15) is 12.4 Å². The number of aryl methyl sites for hydroxylation is 1. The molecular formula is C21H27N3O5S. The lowest BCUT2D eigenvalue weighted by Crippen LogP contribution is -2.46. The molecule has 0 aliphatic carbocycles. The van der Waals surface area contributed by atoms with Gasteiger partial charge in [0, 0.05) is 38.6 Å². The number of pyridine rings is 1. The third-order valence-electron chi connectivity index (χ3n) is 5.04. The molecule has 1 aromatic carbocycles. The van der Waals surface area contributed by atoms with Crippen LogP contribution >= 0.6 is 0 Å². The molecule has 1 saturated heterocycles. The Labute approximate surface area is 177 Å². The van der Waals surface area contributed by atoms with Crippen LogP contribution in [-0.2, 0) is 14.8 Å². The summed E-state index contributed by atoms with van der Waals surface area (Å²) in [4.78, 5) is 16.5. The van der Waals surface area contributed by atoms with Gasteiger partial charge in [-0.05, 0) is 55.7 Å². The van der Waals surface area contributed by atoms with Crippen molar-refractivity contribution in [3.05, 3.63) is 53.9 Å². The molecular weight excluding hydrogens is 406 g/mol. The molecule has 0 unspecified atom stereocenters. The van der Waals surface area contributed by atoms with Crippen LogP contribution in [0, 0.1) is 6.92 Å². The van der Waals surface area contributed by atoms with E-state index in [-0.39, 0.29) is 16.8 Å². The van der Waals surface area contributed by atoms with E-state index in [2.05, 4.69) is 10.3 Å². The van der Waals surface area contributed by atoms with Gasteiger partial charge >= 0.3 is 0 Å². The van der Waals surface area contributed by atoms with Crippen LogP contribution in [0.3, 0.4) is 0 Å². The third kappa shape index (κ3) is 5.35. The van der Waals surface area contributed by atoms with E-state index in [4.69, 9.17) is 9.47 Å². The lowest BCUT2D eigenvalue weighted by atomic mass is 10.1. The van der Waals surface area contributed by atoms with E-state index in [9.17, 15) is 13.2 Å². The van der Waals surface area contributed by atoms with E-state index in [1.54, 1.807) is 43.6 Å². The van der Waals surface area contributed by atoms with Crippen LogP contribution in [0.4, 0.5) is 0 Å². The van der Waals surface area contributed by atoms with Crippen LogP contribution in [-0.4, -0.2) is 63.1 Å². The summed E-state index contributed by atoms with van der Waals surface area (Å²) in [5.41, 5.74) is 1.25. The number of hydrogen-bond acceptors (Lipinski definition) is 6. The first-order valence-corrected chi connectivity index (χ1v) is 11.3. The first-order valence-electron chi connectivity index (χ1n) is 9.85. The zero-order valence-corrected chi connectivity index (χ0v) is 18.0. The number of ether oxygens (including phenoxy) is 2. The Balaban J connectivity index is 1.59. The second-order valence-corrected chi connectivity index (χ2v) is 9.10. The number of amides is 1. The van der Waals surface area contributed by atoms with Crippen LogP contribution < -0.4 is 10.1 Å². The summed E-state index contributed by atoms with van der Waals surface area (Å²) in [5, 5.41) is 2.96. The van der Waals surface area contributed by atoms with Gasteiger partial charge in [-0.3, -0.25) is 9.78 Å². The number of methoxy groups -OCH3 is 1. The van der Waals surface area contributed by atoms with Gasteiger partial charge in [-0.2, -0.15) is 4.31 Å². The summed E-state index contributed by atoms with van der Waals surface area (Å²) in [6, 6.07) is 8.22. The number of aromatic nitrogens is 1. The smallest absolute Gasteiger partial charge is 0.253 e. The van der Waals surface area contributed by atoms with Crippen molar-refractivity contribution in [2.24, 2.45) is 0 Å². The molecule has 1 N–H and O–H groups in total. The van der Waals surface area contributed by atoms with E-state index in [1.165, 1.54) is 10.5 Å². The van der Waals surface area contributed by atoms with Crippen LogP contribution in [0.25, 0.3) is 0 Å². The Morgan fingerprint density at radius 1 is 1.23 bits per heavy atom. The topological polar surface area (TPSA) is 97.8 Å². The highest BCUT2D eigenvalue weighted by molar-refractivity contribution is 7.89. The number of nitrogens with zero attached hydrogens (tertiary/aromatic N) is 2. The van der Waals surface area contributed by atoms with Crippen LogP contribution in [0.5, 0.6) is 5.75 Å². The molecule has 0 radical (unpaired) electrons. The van der Waals surface area contributed by atoms with E-state index >= 15 is 0 Å². The summed E-state index contributed by atoms with van der Waals surface area (Å²) < 4.78 is 38.1. The Kier molecular flexibility index (Phi) is 7.41. The summed E-state index contributed by atoms with van der Waals surface area (Å²) >= 11 is 0. The summed E-state index contributed by atoms with van der Waals surface area (Å²) in [5.74, 6) is 0.451. The molecule has 1 amide bonds. The highest BCUT2D eigenvalue weighted by Gasteiger charge is 2.30. The Morgan fingerprint density at radius 2 is 2.00 bits per heavy atom. The lowest BCUT2D eigenvalue weighted by molar-refractivity contribution is 0.0923. The van der Waals surface area contributed by atoms with E-state index in [0.29, 0.717) is 50.5 Å². The maximum absolute atomic E-state index is 13.0. The maximum Gasteiger partial charge on any atom is 0.253 e. The van der Waals surface area contributed by atoms with Crippen molar-refractivity contribution >= 4 is 15.9 Å². The lowest BCUT2D eigenvalue weighted by Gasteiger charge is -2.31. The van der Waals surface area contributed by atoms with Gasteiger partial charge < -0.3 is 14.8 Å². The van der Waals surface area contributed by atoms with Crippen molar-refractivity contribution < 1.29 is 22.7 Å². The summed E-state index contributed by atoms with van der Waals surface area (Å²) in [7, 11) is -2.00. The van der Waals surface area contributed by atoms with Gasteiger partial charge in [-0.25, -0.2) is 8.42 Å². The fourth-order valence-corrected chi connectivity index (χ4v) is 4.89. The van der Waals surface area contributed by atoms with Crippen molar-refractivity contribution in [3.63, 3.8) is 0 Å². The molecule has 30 heavy (non-hydrogen) atoms. The minimum absolute atomic E-state index is 0.0672. The molecule has 9 heteroatoms. The molecule has 1 fully saturated rings. The third-order valence-corrected chi connectivity index (χ3v) is 6.94. The van der Waals surface area contributed by atoms with Crippen molar-refractivity contribution in [1.29, 1.82) is 0 Å². The molecule has 8 nitrogen and oxygen atoms in total. The molecule has 0 spiro atoms. The zero-order chi connectivity index (χ0) is 21.6. The molecule has 0 atom stereocenters. The average Bonchev–Trinajstić information content (AvgIpc) is 2.76. The average molecular weight is 434 g/mol. The predicted octanol–water partition coefficient (Wildman–Crippen LogP) is 2.00. The standard InChI is InChI=1S/C21H27N3O5S/c1-16-14-19(5-6-20(16)29-13-12-28-2)30(26,27)24-10-7-18(8-11-24)23-21(25)17-4-3-9-22-15-17/h3-6,9,14-15,18H,7-8,10-13H2,1-2H3,(H,23,25). The molecule has 2 aromatic rings. The Hall–Kier alpha value is -2.49. The number of rotatable bonds is 8. The predicted molar refractivity (Wildman–Crippen MR) is 112 cm³/mol. The minimum Gasteiger partial charge on any atom is -0.491 e. The van der Waals surface area contributed by atoms with Gasteiger partial charge in [-0.15, -0.1) is 0 Å². The quantitative estimate of drug-likeness (QED) is 0.640. The largest absolute Gasteiger partial charge is 0.491 e. The van der Waals surface area contributed by atoms with Crippen LogP contribution in [0.2, 0.25) is 0 Å². The van der Waals surface area contributed by atoms with E-state index in [0.717, 1.165) is 5.56 Å².